The molecule has 0 spiro atoms. The fourth-order valence-corrected chi connectivity index (χ4v) is 13.7. The average molecular weight is 727 g/mol. The molecule has 276 valence electrons. The van der Waals surface area contributed by atoms with Crippen LogP contribution >= 0.6 is 0 Å². The van der Waals surface area contributed by atoms with Crippen LogP contribution in [0.4, 0.5) is 0 Å². The van der Waals surface area contributed by atoms with E-state index in [1.807, 2.05) is 0 Å². The average Bonchev–Trinajstić information content (AvgIpc) is 3.06. The maximum atomic E-state index is 7.99. The van der Waals surface area contributed by atoms with Gasteiger partial charge in [-0.1, -0.05) is 132 Å². The molecule has 0 atom stereocenters. The van der Waals surface area contributed by atoms with Crippen LogP contribution in [0.2, 0.25) is 0 Å². The molecule has 0 unspecified atom stereocenters. The molecule has 7 heteroatoms. The summed E-state index contributed by atoms with van der Waals surface area (Å²) in [5.74, 6) is 3.28. The van der Waals surface area contributed by atoms with Gasteiger partial charge in [0.2, 0.25) is 18.1 Å². The third kappa shape index (κ3) is 9.11. The lowest BCUT2D eigenvalue weighted by atomic mass is 9.87. The van der Waals surface area contributed by atoms with Gasteiger partial charge >= 0.3 is 0 Å². The number of hydrogen-bond acceptors (Lipinski definition) is 5. The molecule has 4 rings (SSSR count). The second kappa shape index (κ2) is 15.2. The maximum absolute atomic E-state index is 7.99. The fraction of sp³-hybridized carbons (Fsp3) is 0.455. The smallest absolute Gasteiger partial charge is 0.236 e. The van der Waals surface area contributed by atoms with Gasteiger partial charge in [0, 0.05) is 20.7 Å². The second-order valence-corrected chi connectivity index (χ2v) is 22.8. The molecule has 0 N–H and O–H groups in total. The van der Waals surface area contributed by atoms with E-state index < -0.39 is 18.1 Å². The summed E-state index contributed by atoms with van der Waals surface area (Å²) in [6.45, 7) is 27.0. The largest absolute Gasteiger partial charge is 0.497 e. The third-order valence-corrected chi connectivity index (χ3v) is 16.0. The minimum absolute atomic E-state index is 0.0807. The van der Waals surface area contributed by atoms with E-state index >= 15 is 0 Å². The Bertz CT molecular complexity index is 1560. The standard InChI is InChI=1S/C44H62O5Si2/c1-41(2,3)29-17-21-33(45-13)37(25-29)50(38-26-30(42(4,5)6)18-22-34(38)46-14)49-51(39-27-31(43(7,8)9)19-23-35(39)47-15)40-28-32(44(10,11)12)20-24-36(40)48-16/h17-28,50-51H,1-16H3. The summed E-state index contributed by atoms with van der Waals surface area (Å²) < 4.78 is 32.7. The molecule has 0 amide bonds. The van der Waals surface area contributed by atoms with Gasteiger partial charge in [0.1, 0.15) is 23.0 Å². The van der Waals surface area contributed by atoms with Crippen molar-refractivity contribution in [1.82, 2.24) is 0 Å². The van der Waals surface area contributed by atoms with E-state index in [0.29, 0.717) is 0 Å². The number of benzene rings is 4. The predicted molar refractivity (Wildman–Crippen MR) is 221 cm³/mol. The summed E-state index contributed by atoms with van der Waals surface area (Å²) in [5.41, 5.74) is 4.58. The Morgan fingerprint density at radius 3 is 0.686 bits per heavy atom. The highest BCUT2D eigenvalue weighted by Crippen LogP contribution is 2.30. The summed E-state index contributed by atoms with van der Waals surface area (Å²) in [6, 6.07) is 26.4. The molecule has 0 aliphatic rings. The second-order valence-electron chi connectivity index (χ2n) is 17.7. The van der Waals surface area contributed by atoms with Crippen molar-refractivity contribution < 1.29 is 23.1 Å². The SMILES string of the molecule is COc1ccc(C(C)(C)C)cc1[SiH](O[SiH](c1cc(C(C)(C)C)ccc1OC)c1cc(C(C)(C)C)ccc1OC)c1cc(C(C)(C)C)ccc1OC. The minimum atomic E-state index is -2.64. The Balaban J connectivity index is 2.19. The van der Waals surface area contributed by atoms with Crippen molar-refractivity contribution in [2.45, 2.75) is 105 Å². The molecular weight excluding hydrogens is 665 g/mol. The molecule has 0 aliphatic carbocycles. The summed E-state index contributed by atoms with van der Waals surface area (Å²) in [6.07, 6.45) is 0. The van der Waals surface area contributed by atoms with Crippen LogP contribution < -0.4 is 39.7 Å². The molecule has 0 aliphatic heterocycles. The molecule has 4 aromatic rings. The van der Waals surface area contributed by atoms with Crippen LogP contribution in [0.25, 0.3) is 0 Å². The number of ether oxygens (including phenoxy) is 4. The molecule has 0 fully saturated rings. The summed E-state index contributed by atoms with van der Waals surface area (Å²) in [7, 11) is 1.74. The van der Waals surface area contributed by atoms with Crippen LogP contribution in [-0.4, -0.2) is 46.5 Å². The number of hydrogen-bond donors (Lipinski definition) is 0. The van der Waals surface area contributed by atoms with Crippen molar-refractivity contribution in [1.29, 1.82) is 0 Å². The van der Waals surface area contributed by atoms with Crippen LogP contribution in [-0.2, 0) is 25.8 Å². The van der Waals surface area contributed by atoms with E-state index in [2.05, 4.69) is 156 Å². The van der Waals surface area contributed by atoms with Gasteiger partial charge in [-0.3, -0.25) is 0 Å². The first kappa shape index (κ1) is 40.2. The van der Waals surface area contributed by atoms with Gasteiger partial charge in [-0.05, 0) is 68.2 Å². The Kier molecular flexibility index (Phi) is 12.0. The molecule has 5 nitrogen and oxygen atoms in total. The first-order chi connectivity index (χ1) is 23.6. The highest BCUT2D eigenvalue weighted by Gasteiger charge is 2.36. The Morgan fingerprint density at radius 2 is 0.529 bits per heavy atom. The molecule has 0 bridgehead atoms. The van der Waals surface area contributed by atoms with Gasteiger partial charge in [0.25, 0.3) is 0 Å². The van der Waals surface area contributed by atoms with Crippen LogP contribution in [0.5, 0.6) is 23.0 Å². The van der Waals surface area contributed by atoms with Gasteiger partial charge < -0.3 is 23.1 Å². The van der Waals surface area contributed by atoms with E-state index in [0.717, 1.165) is 43.7 Å². The maximum Gasteiger partial charge on any atom is 0.236 e. The lowest BCUT2D eigenvalue weighted by Crippen LogP contribution is -2.57. The molecule has 0 heterocycles. The molecule has 4 aromatic carbocycles. The zero-order chi connectivity index (χ0) is 38.1. The third-order valence-electron chi connectivity index (χ3n) is 9.78. The van der Waals surface area contributed by atoms with E-state index in [1.165, 1.54) is 22.3 Å². The van der Waals surface area contributed by atoms with E-state index in [1.54, 1.807) is 28.4 Å². The monoisotopic (exact) mass is 726 g/mol. The molecule has 0 saturated carbocycles. The molecule has 0 radical (unpaired) electrons. The lowest BCUT2D eigenvalue weighted by molar-refractivity contribution is 0.413. The molecule has 0 saturated heterocycles. The Labute approximate surface area is 312 Å². The van der Waals surface area contributed by atoms with E-state index in [-0.39, 0.29) is 21.7 Å². The quantitative estimate of drug-likeness (QED) is 0.161. The Hall–Kier alpha value is -3.53. The fourth-order valence-electron chi connectivity index (χ4n) is 6.39. The summed E-state index contributed by atoms with van der Waals surface area (Å²) in [4.78, 5) is 0. The minimum Gasteiger partial charge on any atom is -0.497 e. The van der Waals surface area contributed by atoms with Crippen molar-refractivity contribution in [3.8, 4) is 23.0 Å². The first-order valence-electron chi connectivity index (χ1n) is 18.0. The number of methoxy groups -OCH3 is 4. The van der Waals surface area contributed by atoms with Crippen LogP contribution in [0.15, 0.2) is 72.8 Å². The van der Waals surface area contributed by atoms with Crippen molar-refractivity contribution in [3.05, 3.63) is 95.1 Å². The van der Waals surface area contributed by atoms with E-state index in [9.17, 15) is 0 Å². The van der Waals surface area contributed by atoms with Gasteiger partial charge in [-0.25, -0.2) is 0 Å². The van der Waals surface area contributed by atoms with Crippen LogP contribution in [0, 0.1) is 0 Å². The highest BCUT2D eigenvalue weighted by molar-refractivity contribution is 6.93. The van der Waals surface area contributed by atoms with Crippen LogP contribution in [0.1, 0.15) is 105 Å². The van der Waals surface area contributed by atoms with E-state index in [4.69, 9.17) is 23.1 Å². The summed E-state index contributed by atoms with van der Waals surface area (Å²) >= 11 is 0. The van der Waals surface area contributed by atoms with Gasteiger partial charge in [-0.15, -0.1) is 0 Å². The molecular formula is C44H62O5Si2. The summed E-state index contributed by atoms with van der Waals surface area (Å²) in [5, 5.41) is 4.35. The van der Waals surface area contributed by atoms with Gasteiger partial charge in [-0.2, -0.15) is 0 Å². The van der Waals surface area contributed by atoms with Crippen LogP contribution in [0.3, 0.4) is 0 Å². The zero-order valence-corrected chi connectivity index (χ0v) is 36.4. The zero-order valence-electron chi connectivity index (χ0n) is 34.1. The lowest BCUT2D eigenvalue weighted by Gasteiger charge is -2.32. The Morgan fingerprint density at radius 1 is 0.333 bits per heavy atom. The number of rotatable bonds is 10. The normalized spacial score (nSPS) is 12.7. The van der Waals surface area contributed by atoms with Gasteiger partial charge in [0.15, 0.2) is 0 Å². The first-order valence-corrected chi connectivity index (χ1v) is 21.3. The van der Waals surface area contributed by atoms with Crippen molar-refractivity contribution >= 4 is 38.8 Å². The predicted octanol–water partition coefficient (Wildman–Crippen LogP) is 7.30. The van der Waals surface area contributed by atoms with Gasteiger partial charge in [0.05, 0.1) is 28.4 Å². The van der Waals surface area contributed by atoms with Crippen molar-refractivity contribution in [3.63, 3.8) is 0 Å². The highest BCUT2D eigenvalue weighted by atomic mass is 28.4. The van der Waals surface area contributed by atoms with Crippen molar-refractivity contribution in [2.75, 3.05) is 28.4 Å². The molecule has 0 aromatic heterocycles. The molecule has 51 heavy (non-hydrogen) atoms. The van der Waals surface area contributed by atoms with Crippen molar-refractivity contribution in [2.24, 2.45) is 0 Å². The topological polar surface area (TPSA) is 46.2 Å².